The lowest BCUT2D eigenvalue weighted by Gasteiger charge is -2.35. The standard InChI is InChI=1S/C22H21F4N3O2/c1-13-8-15(23)9-14-6-7-28(11-16(13)14)12-21(31)29-18-5-3-2-4-17(18)27-20(30)10-19(29)22(24,25)26/h2-5,8-9,19H,6-7,10-12H2,1H3,(H,27,30). The molecule has 2 aliphatic heterocycles. The van der Waals surface area contributed by atoms with Gasteiger partial charge in [-0.05, 0) is 54.3 Å². The number of anilines is 2. The van der Waals surface area contributed by atoms with Crippen LogP contribution in [0.2, 0.25) is 0 Å². The highest BCUT2D eigenvalue weighted by atomic mass is 19.4. The zero-order valence-corrected chi connectivity index (χ0v) is 16.8. The summed E-state index contributed by atoms with van der Waals surface area (Å²) in [6.45, 7) is 2.29. The molecule has 0 saturated carbocycles. The molecule has 2 aromatic rings. The van der Waals surface area contributed by atoms with Gasteiger partial charge in [-0.1, -0.05) is 12.1 Å². The van der Waals surface area contributed by atoms with Crippen LogP contribution in [0.5, 0.6) is 0 Å². The van der Waals surface area contributed by atoms with Crippen molar-refractivity contribution in [3.63, 3.8) is 0 Å². The summed E-state index contributed by atoms with van der Waals surface area (Å²) in [6.07, 6.45) is -5.14. The number of para-hydroxylation sites is 2. The van der Waals surface area contributed by atoms with Crippen LogP contribution in [-0.4, -0.2) is 42.0 Å². The first kappa shape index (κ1) is 21.3. The molecule has 1 atom stereocenters. The van der Waals surface area contributed by atoms with Gasteiger partial charge in [0.05, 0.1) is 24.3 Å². The maximum atomic E-state index is 13.8. The number of amides is 2. The van der Waals surface area contributed by atoms with Crippen LogP contribution in [0, 0.1) is 12.7 Å². The normalized spacial score (nSPS) is 19.3. The first-order valence-electron chi connectivity index (χ1n) is 9.91. The Morgan fingerprint density at radius 1 is 1.23 bits per heavy atom. The van der Waals surface area contributed by atoms with Crippen LogP contribution in [0.1, 0.15) is 23.1 Å². The molecule has 0 radical (unpaired) electrons. The van der Waals surface area contributed by atoms with Gasteiger partial charge in [0, 0.05) is 13.1 Å². The van der Waals surface area contributed by atoms with Gasteiger partial charge in [-0.25, -0.2) is 4.39 Å². The van der Waals surface area contributed by atoms with Crippen molar-refractivity contribution in [1.82, 2.24) is 4.90 Å². The third-order valence-corrected chi connectivity index (χ3v) is 5.74. The summed E-state index contributed by atoms with van der Waals surface area (Å²) in [7, 11) is 0. The van der Waals surface area contributed by atoms with Gasteiger partial charge in [-0.15, -0.1) is 0 Å². The van der Waals surface area contributed by atoms with Gasteiger partial charge in [0.2, 0.25) is 11.8 Å². The van der Waals surface area contributed by atoms with E-state index in [2.05, 4.69) is 5.32 Å². The van der Waals surface area contributed by atoms with E-state index in [-0.39, 0.29) is 23.7 Å². The molecule has 31 heavy (non-hydrogen) atoms. The third-order valence-electron chi connectivity index (χ3n) is 5.74. The number of nitrogens with one attached hydrogen (secondary N) is 1. The summed E-state index contributed by atoms with van der Waals surface area (Å²) in [5.74, 6) is -1.86. The van der Waals surface area contributed by atoms with E-state index < -0.39 is 30.5 Å². The highest BCUT2D eigenvalue weighted by molar-refractivity contribution is 6.05. The number of fused-ring (bicyclic) bond motifs is 2. The van der Waals surface area contributed by atoms with Crippen molar-refractivity contribution in [2.75, 3.05) is 23.3 Å². The van der Waals surface area contributed by atoms with E-state index in [4.69, 9.17) is 0 Å². The fourth-order valence-electron chi connectivity index (χ4n) is 4.27. The minimum absolute atomic E-state index is 0.0244. The van der Waals surface area contributed by atoms with Crippen LogP contribution < -0.4 is 10.2 Å². The lowest BCUT2D eigenvalue weighted by Crippen LogP contribution is -2.52. The molecule has 1 N–H and O–H groups in total. The van der Waals surface area contributed by atoms with Crippen molar-refractivity contribution in [2.24, 2.45) is 0 Å². The summed E-state index contributed by atoms with van der Waals surface area (Å²) in [5.41, 5.74) is 2.68. The molecule has 2 heterocycles. The zero-order valence-electron chi connectivity index (χ0n) is 16.8. The second-order valence-corrected chi connectivity index (χ2v) is 7.91. The van der Waals surface area contributed by atoms with E-state index in [1.807, 2.05) is 0 Å². The SMILES string of the molecule is Cc1cc(F)cc2c1CN(CC(=O)N1c3ccccc3NC(=O)CC1C(F)(F)F)CC2. The van der Waals surface area contributed by atoms with Gasteiger partial charge >= 0.3 is 6.18 Å². The number of nitrogens with zero attached hydrogens (tertiary/aromatic N) is 2. The number of aryl methyl sites for hydroxylation is 1. The summed E-state index contributed by atoms with van der Waals surface area (Å²) in [5, 5.41) is 2.46. The Morgan fingerprint density at radius 2 is 1.97 bits per heavy atom. The number of benzene rings is 2. The van der Waals surface area contributed by atoms with Gasteiger partial charge in [0.25, 0.3) is 0 Å². The van der Waals surface area contributed by atoms with Crippen molar-refractivity contribution >= 4 is 23.2 Å². The Hall–Kier alpha value is -2.94. The number of alkyl halides is 3. The Labute approximate surface area is 176 Å². The first-order valence-corrected chi connectivity index (χ1v) is 9.91. The van der Waals surface area contributed by atoms with E-state index in [1.54, 1.807) is 17.9 Å². The van der Waals surface area contributed by atoms with E-state index in [1.165, 1.54) is 30.3 Å². The molecule has 2 amide bonds. The van der Waals surface area contributed by atoms with E-state index in [0.717, 1.165) is 16.7 Å². The molecule has 0 bridgehead atoms. The molecule has 0 spiro atoms. The molecule has 4 rings (SSSR count). The van der Waals surface area contributed by atoms with Crippen LogP contribution in [0.3, 0.4) is 0 Å². The lowest BCUT2D eigenvalue weighted by atomic mass is 9.95. The summed E-state index contributed by atoms with van der Waals surface area (Å²) >= 11 is 0. The maximum absolute atomic E-state index is 13.8. The zero-order chi connectivity index (χ0) is 22.3. The summed E-state index contributed by atoms with van der Waals surface area (Å²) in [6, 6.07) is 6.60. The minimum atomic E-state index is -4.77. The maximum Gasteiger partial charge on any atom is 0.409 e. The Morgan fingerprint density at radius 3 is 2.71 bits per heavy atom. The van der Waals surface area contributed by atoms with Gasteiger partial charge in [0.1, 0.15) is 11.9 Å². The van der Waals surface area contributed by atoms with Crippen molar-refractivity contribution in [3.05, 3.63) is 58.9 Å². The summed E-state index contributed by atoms with van der Waals surface area (Å²) in [4.78, 5) is 27.7. The fourth-order valence-corrected chi connectivity index (χ4v) is 4.27. The largest absolute Gasteiger partial charge is 0.409 e. The van der Waals surface area contributed by atoms with Gasteiger partial charge < -0.3 is 5.32 Å². The molecule has 164 valence electrons. The molecule has 2 aliphatic rings. The predicted molar refractivity (Wildman–Crippen MR) is 107 cm³/mol. The highest BCUT2D eigenvalue weighted by Crippen LogP contribution is 2.38. The van der Waals surface area contributed by atoms with E-state index >= 15 is 0 Å². The third kappa shape index (κ3) is 4.27. The van der Waals surface area contributed by atoms with Crippen LogP contribution in [-0.2, 0) is 22.6 Å². The molecule has 1 unspecified atom stereocenters. The lowest BCUT2D eigenvalue weighted by molar-refractivity contribution is -0.158. The van der Waals surface area contributed by atoms with Crippen molar-refractivity contribution in [1.29, 1.82) is 0 Å². The monoisotopic (exact) mass is 435 g/mol. The number of hydrogen-bond donors (Lipinski definition) is 1. The molecular weight excluding hydrogens is 414 g/mol. The van der Waals surface area contributed by atoms with Crippen molar-refractivity contribution in [3.8, 4) is 0 Å². The van der Waals surface area contributed by atoms with Gasteiger partial charge in [0.15, 0.2) is 0 Å². The number of halogens is 4. The Bertz CT molecular complexity index is 1040. The number of rotatable bonds is 2. The van der Waals surface area contributed by atoms with Crippen LogP contribution in [0.25, 0.3) is 0 Å². The topological polar surface area (TPSA) is 52.7 Å². The molecule has 0 aromatic heterocycles. The van der Waals surface area contributed by atoms with Crippen molar-refractivity contribution < 1.29 is 27.2 Å². The van der Waals surface area contributed by atoms with Gasteiger partial charge in [-0.3, -0.25) is 19.4 Å². The molecular formula is C22H21F4N3O2. The molecule has 2 aromatic carbocycles. The average molecular weight is 435 g/mol. The Kier molecular flexibility index (Phi) is 5.47. The van der Waals surface area contributed by atoms with E-state index in [0.29, 0.717) is 24.4 Å². The minimum Gasteiger partial charge on any atom is -0.324 e. The van der Waals surface area contributed by atoms with Crippen LogP contribution >= 0.6 is 0 Å². The van der Waals surface area contributed by atoms with Gasteiger partial charge in [-0.2, -0.15) is 13.2 Å². The molecule has 0 aliphatic carbocycles. The fraction of sp³-hybridized carbons (Fsp3) is 0.364. The molecule has 9 heteroatoms. The predicted octanol–water partition coefficient (Wildman–Crippen LogP) is 3.80. The van der Waals surface area contributed by atoms with Crippen molar-refractivity contribution in [2.45, 2.75) is 38.5 Å². The van der Waals surface area contributed by atoms with E-state index in [9.17, 15) is 27.2 Å². The number of carbonyl (C=O) groups is 2. The Balaban J connectivity index is 1.63. The van der Waals surface area contributed by atoms with Crippen LogP contribution in [0.15, 0.2) is 36.4 Å². The molecule has 5 nitrogen and oxygen atoms in total. The quantitative estimate of drug-likeness (QED) is 0.731. The molecule has 0 fully saturated rings. The van der Waals surface area contributed by atoms with Crippen LogP contribution in [0.4, 0.5) is 28.9 Å². The second-order valence-electron chi connectivity index (χ2n) is 7.91. The summed E-state index contributed by atoms with van der Waals surface area (Å²) < 4.78 is 55.2. The average Bonchev–Trinajstić information content (AvgIpc) is 2.84. The number of hydrogen-bond acceptors (Lipinski definition) is 3. The second kappa shape index (κ2) is 7.96. The first-order chi connectivity index (χ1) is 14.6. The highest BCUT2D eigenvalue weighted by Gasteiger charge is 2.49. The molecule has 0 saturated heterocycles. The smallest absolute Gasteiger partial charge is 0.324 e. The number of carbonyl (C=O) groups excluding carboxylic acids is 2.